The molecule has 0 bridgehead atoms. The molecule has 1 fully saturated rings. The molecule has 1 aromatic heterocycles. The SMILES string of the molecule is CCNC(=NCC(c1ccc(C)o1)N1CCCC1)NC(C)C(C)C. The fourth-order valence-corrected chi connectivity index (χ4v) is 2.95. The quantitative estimate of drug-likeness (QED) is 0.593. The molecule has 0 aromatic carbocycles. The molecule has 0 radical (unpaired) electrons. The van der Waals surface area contributed by atoms with Gasteiger partial charge in [-0.1, -0.05) is 13.8 Å². The second kappa shape index (κ2) is 9.11. The van der Waals surface area contributed by atoms with Crippen LogP contribution in [0.25, 0.3) is 0 Å². The van der Waals surface area contributed by atoms with E-state index in [9.17, 15) is 0 Å². The summed E-state index contributed by atoms with van der Waals surface area (Å²) < 4.78 is 5.92. The smallest absolute Gasteiger partial charge is 0.191 e. The molecule has 1 saturated heterocycles. The Hall–Kier alpha value is -1.49. The molecule has 0 amide bonds. The van der Waals surface area contributed by atoms with E-state index in [2.05, 4.69) is 49.3 Å². The molecule has 2 atom stereocenters. The van der Waals surface area contributed by atoms with E-state index in [0.29, 0.717) is 18.5 Å². The van der Waals surface area contributed by atoms with Crippen LogP contribution < -0.4 is 10.6 Å². The third kappa shape index (κ3) is 5.26. The number of likely N-dealkylation sites (tertiary alicyclic amines) is 1. The van der Waals surface area contributed by atoms with E-state index in [4.69, 9.17) is 9.41 Å². The maximum Gasteiger partial charge on any atom is 0.191 e. The predicted octanol–water partition coefficient (Wildman–Crippen LogP) is 3.32. The highest BCUT2D eigenvalue weighted by Crippen LogP contribution is 2.26. The summed E-state index contributed by atoms with van der Waals surface area (Å²) >= 11 is 0. The largest absolute Gasteiger partial charge is 0.465 e. The third-order valence-corrected chi connectivity index (χ3v) is 4.80. The van der Waals surface area contributed by atoms with Crippen molar-refractivity contribution in [2.45, 2.75) is 59.5 Å². The van der Waals surface area contributed by atoms with Gasteiger partial charge < -0.3 is 15.1 Å². The Morgan fingerprint density at radius 3 is 2.50 bits per heavy atom. The van der Waals surface area contributed by atoms with Crippen molar-refractivity contribution in [1.29, 1.82) is 0 Å². The standard InChI is InChI=1S/C19H34N4O/c1-6-20-19(22-16(5)14(2)3)21-13-17(23-11-7-8-12-23)18-10-9-15(4)24-18/h9-10,14,16-17H,6-8,11-13H2,1-5H3,(H2,20,21,22). The summed E-state index contributed by atoms with van der Waals surface area (Å²) in [6, 6.07) is 4.77. The highest BCUT2D eigenvalue weighted by Gasteiger charge is 2.26. The summed E-state index contributed by atoms with van der Waals surface area (Å²) in [5.41, 5.74) is 0. The van der Waals surface area contributed by atoms with Gasteiger partial charge in [0.1, 0.15) is 11.5 Å². The van der Waals surface area contributed by atoms with Crippen molar-refractivity contribution >= 4 is 5.96 Å². The van der Waals surface area contributed by atoms with E-state index in [1.807, 2.05) is 13.0 Å². The first-order chi connectivity index (χ1) is 11.5. The third-order valence-electron chi connectivity index (χ3n) is 4.80. The zero-order valence-electron chi connectivity index (χ0n) is 15.9. The van der Waals surface area contributed by atoms with Crippen molar-refractivity contribution in [1.82, 2.24) is 15.5 Å². The monoisotopic (exact) mass is 334 g/mol. The molecule has 2 heterocycles. The molecule has 5 heteroatoms. The van der Waals surface area contributed by atoms with Gasteiger partial charge in [0, 0.05) is 12.6 Å². The average molecular weight is 335 g/mol. The van der Waals surface area contributed by atoms with Gasteiger partial charge in [-0.15, -0.1) is 0 Å². The molecule has 1 aromatic rings. The van der Waals surface area contributed by atoms with Crippen molar-refractivity contribution < 1.29 is 4.42 Å². The molecule has 1 aliphatic heterocycles. The lowest BCUT2D eigenvalue weighted by molar-refractivity contribution is 0.219. The molecule has 136 valence electrons. The molecule has 2 unspecified atom stereocenters. The summed E-state index contributed by atoms with van der Waals surface area (Å²) in [5.74, 6) is 3.46. The summed E-state index contributed by atoms with van der Waals surface area (Å²) in [7, 11) is 0. The first-order valence-electron chi connectivity index (χ1n) is 9.36. The second-order valence-corrected chi connectivity index (χ2v) is 7.10. The van der Waals surface area contributed by atoms with Crippen molar-refractivity contribution in [3.63, 3.8) is 0 Å². The van der Waals surface area contributed by atoms with Gasteiger partial charge in [-0.05, 0) is 64.8 Å². The van der Waals surface area contributed by atoms with Gasteiger partial charge >= 0.3 is 0 Å². The predicted molar refractivity (Wildman–Crippen MR) is 100 cm³/mol. The van der Waals surface area contributed by atoms with E-state index in [0.717, 1.165) is 37.1 Å². The minimum Gasteiger partial charge on any atom is -0.465 e. The fourth-order valence-electron chi connectivity index (χ4n) is 2.95. The molecule has 1 aliphatic rings. The van der Waals surface area contributed by atoms with Gasteiger partial charge in [0.15, 0.2) is 5.96 Å². The number of nitrogens with one attached hydrogen (secondary N) is 2. The summed E-state index contributed by atoms with van der Waals surface area (Å²) in [5, 5.41) is 6.87. The normalized spacial score (nSPS) is 18.8. The second-order valence-electron chi connectivity index (χ2n) is 7.10. The van der Waals surface area contributed by atoms with Crippen molar-refractivity contribution in [3.8, 4) is 0 Å². The van der Waals surface area contributed by atoms with Gasteiger partial charge in [-0.25, -0.2) is 0 Å². The minimum atomic E-state index is 0.228. The number of hydrogen-bond acceptors (Lipinski definition) is 3. The lowest BCUT2D eigenvalue weighted by Crippen LogP contribution is -2.44. The first kappa shape index (κ1) is 18.8. The van der Waals surface area contributed by atoms with Gasteiger partial charge in [-0.2, -0.15) is 0 Å². The Labute approximate surface area is 146 Å². The van der Waals surface area contributed by atoms with Crippen LogP contribution in [-0.4, -0.2) is 43.1 Å². The Morgan fingerprint density at radius 2 is 1.96 bits per heavy atom. The highest BCUT2D eigenvalue weighted by atomic mass is 16.3. The zero-order chi connectivity index (χ0) is 17.5. The van der Waals surface area contributed by atoms with Crippen LogP contribution in [-0.2, 0) is 0 Å². The van der Waals surface area contributed by atoms with Crippen molar-refractivity contribution in [3.05, 3.63) is 23.7 Å². The number of aryl methyl sites for hydroxylation is 1. The molecule has 0 saturated carbocycles. The maximum atomic E-state index is 5.92. The molecule has 0 aliphatic carbocycles. The topological polar surface area (TPSA) is 52.8 Å². The fraction of sp³-hybridized carbons (Fsp3) is 0.737. The number of hydrogen-bond donors (Lipinski definition) is 2. The van der Waals surface area contributed by atoms with Crippen LogP contribution in [0.5, 0.6) is 0 Å². The maximum absolute atomic E-state index is 5.92. The molecule has 2 N–H and O–H groups in total. The summed E-state index contributed by atoms with van der Waals surface area (Å²) in [6.45, 7) is 14.6. The number of rotatable bonds is 7. The molecular weight excluding hydrogens is 300 g/mol. The average Bonchev–Trinajstić information content (AvgIpc) is 3.20. The molecular formula is C19H34N4O. The van der Waals surface area contributed by atoms with Crippen molar-refractivity contribution in [2.24, 2.45) is 10.9 Å². The molecule has 5 nitrogen and oxygen atoms in total. The lowest BCUT2D eigenvalue weighted by Gasteiger charge is -2.25. The Balaban J connectivity index is 2.10. The lowest BCUT2D eigenvalue weighted by atomic mass is 10.1. The summed E-state index contributed by atoms with van der Waals surface area (Å²) in [4.78, 5) is 7.36. The number of furan rings is 1. The van der Waals surface area contributed by atoms with Crippen LogP contribution in [0.2, 0.25) is 0 Å². The van der Waals surface area contributed by atoms with E-state index >= 15 is 0 Å². The van der Waals surface area contributed by atoms with Gasteiger partial charge in [0.25, 0.3) is 0 Å². The Bertz CT molecular complexity index is 517. The molecule has 0 spiro atoms. The van der Waals surface area contributed by atoms with E-state index in [1.165, 1.54) is 12.8 Å². The van der Waals surface area contributed by atoms with Gasteiger partial charge in [-0.3, -0.25) is 9.89 Å². The minimum absolute atomic E-state index is 0.228. The number of nitrogens with zero attached hydrogens (tertiary/aromatic N) is 2. The van der Waals surface area contributed by atoms with Crippen LogP contribution in [0.15, 0.2) is 21.5 Å². The van der Waals surface area contributed by atoms with Crippen LogP contribution >= 0.6 is 0 Å². The zero-order valence-corrected chi connectivity index (χ0v) is 15.9. The number of aliphatic imine (C=N–C) groups is 1. The highest BCUT2D eigenvalue weighted by molar-refractivity contribution is 5.80. The van der Waals surface area contributed by atoms with Gasteiger partial charge in [0.2, 0.25) is 0 Å². The molecule has 24 heavy (non-hydrogen) atoms. The van der Waals surface area contributed by atoms with Crippen LogP contribution in [0.3, 0.4) is 0 Å². The van der Waals surface area contributed by atoms with Crippen LogP contribution in [0, 0.1) is 12.8 Å². The first-order valence-corrected chi connectivity index (χ1v) is 9.36. The van der Waals surface area contributed by atoms with Gasteiger partial charge in [0.05, 0.1) is 12.6 Å². The van der Waals surface area contributed by atoms with Crippen LogP contribution in [0.1, 0.15) is 58.1 Å². The van der Waals surface area contributed by atoms with E-state index in [-0.39, 0.29) is 6.04 Å². The Morgan fingerprint density at radius 1 is 1.25 bits per heavy atom. The van der Waals surface area contributed by atoms with Crippen LogP contribution in [0.4, 0.5) is 0 Å². The Kier molecular flexibility index (Phi) is 7.16. The van der Waals surface area contributed by atoms with E-state index in [1.54, 1.807) is 0 Å². The van der Waals surface area contributed by atoms with E-state index < -0.39 is 0 Å². The number of guanidine groups is 1. The summed E-state index contributed by atoms with van der Waals surface area (Å²) in [6.07, 6.45) is 2.53. The molecule has 2 rings (SSSR count). The van der Waals surface area contributed by atoms with Crippen molar-refractivity contribution in [2.75, 3.05) is 26.2 Å².